The van der Waals surface area contributed by atoms with Gasteiger partial charge in [-0.25, -0.2) is 13.4 Å². The minimum Gasteiger partial charge on any atom is -0.333 e. The van der Waals surface area contributed by atoms with E-state index in [4.69, 9.17) is 4.99 Å². The number of aryl methyl sites for hydroxylation is 2. The highest BCUT2D eigenvalue weighted by Crippen LogP contribution is 2.30. The molecule has 0 bridgehead atoms. The summed E-state index contributed by atoms with van der Waals surface area (Å²) >= 11 is 0. The van der Waals surface area contributed by atoms with Gasteiger partial charge in [-0.3, -0.25) is 10.00 Å². The van der Waals surface area contributed by atoms with Gasteiger partial charge in [-0.15, -0.1) is 0 Å². The lowest BCUT2D eigenvalue weighted by Crippen LogP contribution is -2.43. The van der Waals surface area contributed by atoms with Gasteiger partial charge in [-0.1, -0.05) is 24.3 Å². The molecule has 2 heterocycles. The van der Waals surface area contributed by atoms with Crippen molar-refractivity contribution in [1.82, 2.24) is 20.4 Å². The molecule has 1 aromatic heterocycles. The zero-order chi connectivity index (χ0) is 22.2. The van der Waals surface area contributed by atoms with Crippen LogP contribution in [0.4, 0.5) is 5.69 Å². The van der Waals surface area contributed by atoms with Gasteiger partial charge < -0.3 is 10.6 Å². The van der Waals surface area contributed by atoms with Gasteiger partial charge >= 0.3 is 0 Å². The number of aliphatic imine (C=N–C) groups is 1. The molecule has 0 saturated heterocycles. The average molecular weight is 439 g/mol. The topological polar surface area (TPSA) is 100 Å². The molecule has 2 aromatic carbocycles. The monoisotopic (exact) mass is 438 g/mol. The summed E-state index contributed by atoms with van der Waals surface area (Å²) in [6.45, 7) is 2.00. The molecule has 1 aliphatic rings. The van der Waals surface area contributed by atoms with E-state index in [-0.39, 0.29) is 5.75 Å². The second kappa shape index (κ2) is 7.82. The van der Waals surface area contributed by atoms with Crippen LogP contribution in [0, 0.1) is 6.92 Å². The summed E-state index contributed by atoms with van der Waals surface area (Å²) in [6, 6.07) is 13.5. The van der Waals surface area contributed by atoms with E-state index < -0.39 is 15.5 Å². The Balaban J connectivity index is 1.67. The maximum absolute atomic E-state index is 11.6. The van der Waals surface area contributed by atoms with Crippen molar-refractivity contribution < 1.29 is 8.42 Å². The molecule has 1 unspecified atom stereocenters. The summed E-state index contributed by atoms with van der Waals surface area (Å²) in [5, 5.41) is 15.3. The first-order valence-electron chi connectivity index (χ1n) is 9.90. The smallest absolute Gasteiger partial charge is 0.202 e. The highest BCUT2D eigenvalue weighted by Gasteiger charge is 2.30. The Hall–Kier alpha value is -3.17. The van der Waals surface area contributed by atoms with E-state index in [2.05, 4.69) is 39.2 Å². The van der Waals surface area contributed by atoms with Crippen LogP contribution in [0.15, 0.2) is 59.7 Å². The summed E-state index contributed by atoms with van der Waals surface area (Å²) in [5.74, 6) is 0.544. The van der Waals surface area contributed by atoms with Crippen LogP contribution in [0.1, 0.15) is 16.8 Å². The predicted molar refractivity (Wildman–Crippen MR) is 125 cm³/mol. The Kier molecular flexibility index (Phi) is 5.32. The molecule has 3 aromatic rings. The minimum atomic E-state index is -3.11. The number of likely N-dealkylation sites (N-methyl/N-ethyl adjacent to an activating group) is 1. The van der Waals surface area contributed by atoms with Crippen LogP contribution in [0.25, 0.3) is 10.9 Å². The summed E-state index contributed by atoms with van der Waals surface area (Å²) in [7, 11) is 0.690. The van der Waals surface area contributed by atoms with Gasteiger partial charge in [0.15, 0.2) is 15.5 Å². The van der Waals surface area contributed by atoms with Gasteiger partial charge in [0.25, 0.3) is 0 Å². The lowest BCUT2D eigenvalue weighted by molar-refractivity contribution is 0.471. The number of nitrogens with zero attached hydrogens (tertiary/aromatic N) is 3. The Labute approximate surface area is 182 Å². The van der Waals surface area contributed by atoms with Gasteiger partial charge in [0.05, 0.1) is 17.0 Å². The van der Waals surface area contributed by atoms with Crippen LogP contribution in [0.5, 0.6) is 0 Å². The standard InChI is InChI=1S/C22H26N6O2S/c1-15-19-9-8-17(13-20(19)28(3)27-15)22(23-2)10-11-24-21(26-22)25-18-7-5-6-16(12-18)14-31(4,29)30/h5-13,23H,14H2,1-4H3,(H2,24,25,26). The maximum Gasteiger partial charge on any atom is 0.202 e. The van der Waals surface area contributed by atoms with Crippen LogP contribution < -0.4 is 16.0 Å². The van der Waals surface area contributed by atoms with E-state index >= 15 is 0 Å². The fourth-order valence-electron chi connectivity index (χ4n) is 3.85. The number of aromatic nitrogens is 2. The molecule has 8 nitrogen and oxygen atoms in total. The number of nitrogens with one attached hydrogen (secondary N) is 3. The first kappa shape index (κ1) is 21.1. The molecule has 0 fully saturated rings. The SMILES string of the molecule is CNC1(c2ccc3c(C)nn(C)c3c2)C=CNC(Nc2cccc(CS(C)(=O)=O)c2)=N1. The first-order valence-corrected chi connectivity index (χ1v) is 12.0. The molecule has 0 radical (unpaired) electrons. The Bertz CT molecular complexity index is 1310. The van der Waals surface area contributed by atoms with Gasteiger partial charge in [0.2, 0.25) is 5.96 Å². The lowest BCUT2D eigenvalue weighted by atomic mass is 9.97. The fourth-order valence-corrected chi connectivity index (χ4v) is 4.63. The van der Waals surface area contributed by atoms with Gasteiger partial charge in [-0.2, -0.15) is 5.10 Å². The third-order valence-electron chi connectivity index (χ3n) is 5.31. The van der Waals surface area contributed by atoms with Crippen LogP contribution in [0.3, 0.4) is 0 Å². The quantitative estimate of drug-likeness (QED) is 0.566. The Morgan fingerprint density at radius 1 is 1.19 bits per heavy atom. The van der Waals surface area contributed by atoms with Crippen LogP contribution in [0.2, 0.25) is 0 Å². The Morgan fingerprint density at radius 3 is 2.74 bits per heavy atom. The average Bonchev–Trinajstić information content (AvgIpc) is 3.00. The molecular weight excluding hydrogens is 412 g/mol. The van der Waals surface area contributed by atoms with Gasteiger partial charge in [0, 0.05) is 36.1 Å². The third kappa shape index (κ3) is 4.33. The van der Waals surface area contributed by atoms with Crippen molar-refractivity contribution in [2.75, 3.05) is 18.6 Å². The second-order valence-corrected chi connectivity index (χ2v) is 9.93. The molecular formula is C22H26N6O2S. The van der Waals surface area contributed by atoms with Crippen molar-refractivity contribution >= 4 is 32.4 Å². The number of fused-ring (bicyclic) bond motifs is 1. The van der Waals surface area contributed by atoms with Crippen molar-refractivity contribution in [3.8, 4) is 0 Å². The largest absolute Gasteiger partial charge is 0.333 e. The van der Waals surface area contributed by atoms with Crippen molar-refractivity contribution in [3.63, 3.8) is 0 Å². The van der Waals surface area contributed by atoms with Crippen LogP contribution in [-0.4, -0.2) is 37.5 Å². The number of sulfone groups is 1. The molecule has 4 rings (SSSR count). The number of hydrogen-bond donors (Lipinski definition) is 3. The van der Waals surface area contributed by atoms with E-state index in [0.717, 1.165) is 33.4 Å². The van der Waals surface area contributed by atoms with Crippen LogP contribution in [-0.2, 0) is 28.3 Å². The molecule has 162 valence electrons. The van der Waals surface area contributed by atoms with E-state index in [0.29, 0.717) is 5.96 Å². The molecule has 31 heavy (non-hydrogen) atoms. The molecule has 0 saturated carbocycles. The number of anilines is 1. The second-order valence-electron chi connectivity index (χ2n) is 7.79. The van der Waals surface area contributed by atoms with E-state index in [1.165, 1.54) is 6.26 Å². The highest BCUT2D eigenvalue weighted by atomic mass is 32.2. The normalized spacial score (nSPS) is 18.6. The minimum absolute atomic E-state index is 0.00703. The molecule has 1 atom stereocenters. The zero-order valence-electron chi connectivity index (χ0n) is 18.0. The molecule has 1 aliphatic heterocycles. The van der Waals surface area contributed by atoms with E-state index in [9.17, 15) is 8.42 Å². The summed E-state index contributed by atoms with van der Waals surface area (Å²) in [6.07, 6.45) is 5.03. The highest BCUT2D eigenvalue weighted by molar-refractivity contribution is 7.89. The van der Waals surface area contributed by atoms with Crippen molar-refractivity contribution in [2.45, 2.75) is 18.3 Å². The molecule has 0 spiro atoms. The van der Waals surface area contributed by atoms with Gasteiger partial charge in [-0.05, 0) is 43.8 Å². The molecule has 0 aliphatic carbocycles. The predicted octanol–water partition coefficient (Wildman–Crippen LogP) is 2.38. The lowest BCUT2D eigenvalue weighted by Gasteiger charge is -2.31. The van der Waals surface area contributed by atoms with Crippen LogP contribution >= 0.6 is 0 Å². The number of guanidine groups is 1. The molecule has 0 amide bonds. The Morgan fingerprint density at radius 2 is 2.00 bits per heavy atom. The van der Waals surface area contributed by atoms with Crippen molar-refractivity contribution in [3.05, 3.63) is 71.6 Å². The molecule has 9 heteroatoms. The third-order valence-corrected chi connectivity index (χ3v) is 6.17. The first-order chi connectivity index (χ1) is 14.7. The van der Waals surface area contributed by atoms with E-state index in [1.54, 1.807) is 6.07 Å². The zero-order valence-corrected chi connectivity index (χ0v) is 18.8. The fraction of sp³-hybridized carbons (Fsp3) is 0.273. The number of rotatable bonds is 5. The number of benzene rings is 2. The maximum atomic E-state index is 11.6. The summed E-state index contributed by atoms with van der Waals surface area (Å²) < 4.78 is 25.1. The van der Waals surface area contributed by atoms with E-state index in [1.807, 2.05) is 56.2 Å². The number of hydrogen-bond acceptors (Lipinski definition) is 7. The molecule has 3 N–H and O–H groups in total. The van der Waals surface area contributed by atoms with Gasteiger partial charge in [0.1, 0.15) is 0 Å². The van der Waals surface area contributed by atoms with Crippen molar-refractivity contribution in [2.24, 2.45) is 12.0 Å². The summed E-state index contributed by atoms with van der Waals surface area (Å²) in [5.41, 5.74) is 3.72. The summed E-state index contributed by atoms with van der Waals surface area (Å²) in [4.78, 5) is 4.89. The van der Waals surface area contributed by atoms with Crippen molar-refractivity contribution in [1.29, 1.82) is 0 Å².